The highest BCUT2D eigenvalue weighted by molar-refractivity contribution is 6.84. The van der Waals surface area contributed by atoms with Gasteiger partial charge in [0.05, 0.1) is 0 Å². The molecule has 122 valence electrons. The zero-order chi connectivity index (χ0) is 16.3. The van der Waals surface area contributed by atoms with Crippen LogP contribution in [-0.4, -0.2) is 14.8 Å². The van der Waals surface area contributed by atoms with Crippen LogP contribution in [0.3, 0.4) is 0 Å². The highest BCUT2D eigenvalue weighted by Gasteiger charge is 2.41. The fourth-order valence-corrected chi connectivity index (χ4v) is 5.56. The average molecular weight is 322 g/mol. The summed E-state index contributed by atoms with van der Waals surface area (Å²) in [7, 11) is -1.25. The highest BCUT2D eigenvalue weighted by Crippen LogP contribution is 2.48. The van der Waals surface area contributed by atoms with Crippen molar-refractivity contribution in [3.63, 3.8) is 0 Å². The third-order valence-corrected chi connectivity index (χ3v) is 6.79. The molecule has 2 bridgehead atoms. The second kappa shape index (κ2) is 7.31. The topological polar surface area (TPSA) is 0 Å². The van der Waals surface area contributed by atoms with Crippen molar-refractivity contribution in [1.82, 2.24) is 0 Å². The van der Waals surface area contributed by atoms with Gasteiger partial charge >= 0.3 is 0 Å². The van der Waals surface area contributed by atoms with Crippen LogP contribution in [0.25, 0.3) is 0 Å². The van der Waals surface area contributed by atoms with Crippen molar-refractivity contribution in [3.05, 3.63) is 35.9 Å². The predicted molar refractivity (Wildman–Crippen MR) is 106 cm³/mol. The summed E-state index contributed by atoms with van der Waals surface area (Å²) >= 11 is 0. The summed E-state index contributed by atoms with van der Waals surface area (Å²) in [5, 5.41) is 0. The van der Waals surface area contributed by atoms with E-state index in [1.807, 2.05) is 0 Å². The first kappa shape index (κ1) is 16.9. The van der Waals surface area contributed by atoms with E-state index in [0.29, 0.717) is 0 Å². The van der Waals surface area contributed by atoms with Gasteiger partial charge in [0, 0.05) is 0 Å². The molecule has 1 aromatic rings. The Balaban J connectivity index is 1.91. The van der Waals surface area contributed by atoms with Crippen molar-refractivity contribution in [2.75, 3.05) is 0 Å². The van der Waals surface area contributed by atoms with Gasteiger partial charge < -0.3 is 0 Å². The monoisotopic (exact) mass is 322 g/mol. The van der Waals surface area contributed by atoms with Crippen molar-refractivity contribution in [1.29, 1.82) is 0 Å². The summed E-state index contributed by atoms with van der Waals surface area (Å²) in [4.78, 5) is 0. The van der Waals surface area contributed by atoms with Crippen LogP contribution in [0.2, 0.25) is 31.8 Å². The van der Waals surface area contributed by atoms with Gasteiger partial charge in [0.1, 0.15) is 8.07 Å². The lowest BCUT2D eigenvalue weighted by Gasteiger charge is -2.30. The van der Waals surface area contributed by atoms with Gasteiger partial charge in [-0.15, -0.1) is 11.5 Å². The second-order valence-electron chi connectivity index (χ2n) is 8.74. The highest BCUT2D eigenvalue weighted by atomic mass is 28.3. The fourth-order valence-electron chi connectivity index (χ4n) is 4.93. The van der Waals surface area contributed by atoms with Crippen LogP contribution in [0.5, 0.6) is 0 Å². The normalized spacial score (nSPS) is 27.8. The lowest BCUT2D eigenvalue weighted by molar-refractivity contribution is 0.391. The maximum Gasteiger partial charge on any atom is 0.165 e. The Morgan fingerprint density at radius 2 is 1.65 bits per heavy atom. The first-order valence-corrected chi connectivity index (χ1v) is 13.1. The van der Waals surface area contributed by atoms with Crippen LogP contribution in [0, 0.1) is 17.4 Å². The van der Waals surface area contributed by atoms with E-state index in [2.05, 4.69) is 61.4 Å². The standard InChI is InChI=1S/C21H31BSi/c1-23(2,3)17-9-16-22-20-14-7-12-19(13-8-15-20)21(22)18-10-5-4-6-11-18/h4-6,10-11,19-21H,7-8,12-16H2,1-3H3/t19?,20?,21-/m1/s1. The van der Waals surface area contributed by atoms with Gasteiger partial charge in [0.2, 0.25) is 0 Å². The van der Waals surface area contributed by atoms with Crippen LogP contribution in [-0.2, 0) is 0 Å². The van der Waals surface area contributed by atoms with Crippen LogP contribution in [0.1, 0.15) is 49.9 Å². The SMILES string of the molecule is C[Si](C)(C)C#CCB1C2CCCC(CCC2)[C@H]1c1ccccc1. The van der Waals surface area contributed by atoms with Gasteiger partial charge in [-0.05, 0) is 18.1 Å². The first-order valence-electron chi connectivity index (χ1n) is 9.59. The molecule has 0 unspecified atom stereocenters. The van der Waals surface area contributed by atoms with Crippen molar-refractivity contribution < 1.29 is 0 Å². The quantitative estimate of drug-likeness (QED) is 0.460. The number of fused-ring (bicyclic) bond motifs is 3. The number of rotatable bonds is 2. The van der Waals surface area contributed by atoms with Gasteiger partial charge in [0.25, 0.3) is 0 Å². The van der Waals surface area contributed by atoms with E-state index in [1.165, 1.54) is 38.5 Å². The van der Waals surface area contributed by atoms with Gasteiger partial charge in [-0.3, -0.25) is 0 Å². The average Bonchev–Trinajstić information content (AvgIpc) is 2.75. The van der Waals surface area contributed by atoms with E-state index < -0.39 is 8.07 Å². The third-order valence-electron chi connectivity index (χ3n) is 5.86. The molecule has 2 heterocycles. The molecule has 2 fully saturated rings. The van der Waals surface area contributed by atoms with Gasteiger partial charge in [-0.25, -0.2) is 0 Å². The largest absolute Gasteiger partial charge is 0.165 e. The first-order chi connectivity index (χ1) is 11.0. The number of hydrogen-bond donors (Lipinski definition) is 0. The summed E-state index contributed by atoms with van der Waals surface area (Å²) in [6.07, 6.45) is 9.78. The molecule has 0 N–H and O–H groups in total. The minimum atomic E-state index is -1.25. The fraction of sp³-hybridized carbons (Fsp3) is 0.619. The molecule has 1 atom stereocenters. The molecule has 2 aliphatic heterocycles. The molecule has 1 aromatic carbocycles. The molecular formula is C21H31BSi. The number of hydrogen-bond acceptors (Lipinski definition) is 0. The minimum Gasteiger partial charge on any atom is -0.133 e. The molecule has 0 amide bonds. The van der Waals surface area contributed by atoms with Gasteiger partial charge in [-0.1, -0.05) is 99.9 Å². The molecule has 2 saturated heterocycles. The lowest BCUT2D eigenvalue weighted by Crippen LogP contribution is -2.30. The Morgan fingerprint density at radius 1 is 1.00 bits per heavy atom. The van der Waals surface area contributed by atoms with E-state index >= 15 is 0 Å². The lowest BCUT2D eigenvalue weighted by atomic mass is 9.30. The van der Waals surface area contributed by atoms with E-state index in [1.54, 1.807) is 5.56 Å². The molecule has 0 radical (unpaired) electrons. The summed E-state index contributed by atoms with van der Waals surface area (Å²) < 4.78 is 0. The van der Waals surface area contributed by atoms with Crippen LogP contribution in [0.4, 0.5) is 0 Å². The van der Waals surface area contributed by atoms with Crippen molar-refractivity contribution in [2.24, 2.45) is 5.92 Å². The maximum atomic E-state index is 3.65. The summed E-state index contributed by atoms with van der Waals surface area (Å²) in [6.45, 7) is 7.87. The summed E-state index contributed by atoms with van der Waals surface area (Å²) in [6, 6.07) is 11.4. The third kappa shape index (κ3) is 4.33. The Hall–Kier alpha value is -0.938. The summed E-state index contributed by atoms with van der Waals surface area (Å²) in [5.74, 6) is 6.20. The van der Waals surface area contributed by atoms with Crippen molar-refractivity contribution >= 4 is 14.8 Å². The Bertz CT molecular complexity index is 553. The molecule has 0 nitrogen and oxygen atoms in total. The molecule has 2 aliphatic rings. The Morgan fingerprint density at radius 3 is 2.26 bits per heavy atom. The van der Waals surface area contributed by atoms with E-state index in [0.717, 1.165) is 30.6 Å². The molecule has 3 rings (SSSR count). The Labute approximate surface area is 144 Å². The van der Waals surface area contributed by atoms with Gasteiger partial charge in [0.15, 0.2) is 6.71 Å². The zero-order valence-corrected chi connectivity index (χ0v) is 16.1. The smallest absolute Gasteiger partial charge is 0.133 e. The van der Waals surface area contributed by atoms with Crippen LogP contribution < -0.4 is 0 Å². The molecule has 2 heteroatoms. The van der Waals surface area contributed by atoms with E-state index in [-0.39, 0.29) is 0 Å². The maximum absolute atomic E-state index is 3.65. The van der Waals surface area contributed by atoms with Crippen LogP contribution in [0.15, 0.2) is 30.3 Å². The van der Waals surface area contributed by atoms with Gasteiger partial charge in [-0.2, -0.15) is 0 Å². The van der Waals surface area contributed by atoms with Crippen molar-refractivity contribution in [3.8, 4) is 11.5 Å². The molecule has 0 saturated carbocycles. The minimum absolute atomic E-state index is 0.752. The van der Waals surface area contributed by atoms with Crippen LogP contribution >= 0.6 is 0 Å². The second-order valence-corrected chi connectivity index (χ2v) is 13.5. The molecular weight excluding hydrogens is 291 g/mol. The Kier molecular flexibility index (Phi) is 5.37. The predicted octanol–water partition coefficient (Wildman–Crippen LogP) is 6.04. The van der Waals surface area contributed by atoms with E-state index in [4.69, 9.17) is 0 Å². The van der Waals surface area contributed by atoms with E-state index in [9.17, 15) is 0 Å². The molecule has 0 aliphatic carbocycles. The number of benzene rings is 1. The molecule has 23 heavy (non-hydrogen) atoms. The molecule has 0 spiro atoms. The zero-order valence-electron chi connectivity index (χ0n) is 15.1. The summed E-state index contributed by atoms with van der Waals surface area (Å²) in [5.41, 5.74) is 5.22. The molecule has 0 aromatic heterocycles. The van der Waals surface area contributed by atoms with Crippen molar-refractivity contribution in [2.45, 2.75) is 76.1 Å².